The van der Waals surface area contributed by atoms with Gasteiger partial charge in [-0.2, -0.15) is 0 Å². The molecular weight excluding hydrogens is 458 g/mol. The van der Waals surface area contributed by atoms with Gasteiger partial charge >= 0.3 is 5.97 Å². The minimum Gasteiger partial charge on any atom is -0.494 e. The lowest BCUT2D eigenvalue weighted by atomic mass is 9.77. The smallest absolute Gasteiger partial charge is 0.327 e. The van der Waals surface area contributed by atoms with E-state index in [0.29, 0.717) is 30.9 Å². The number of anilines is 2. The summed E-state index contributed by atoms with van der Waals surface area (Å²) in [5.41, 5.74) is 1.06. The van der Waals surface area contributed by atoms with Crippen molar-refractivity contribution in [3.05, 3.63) is 54.1 Å². The molecule has 2 saturated heterocycles. The second kappa shape index (κ2) is 10.3. The Morgan fingerprint density at radius 1 is 0.972 bits per heavy atom. The zero-order valence-electron chi connectivity index (χ0n) is 21.6. The summed E-state index contributed by atoms with van der Waals surface area (Å²) in [6, 6.07) is 14.3. The van der Waals surface area contributed by atoms with Gasteiger partial charge in [-0.3, -0.25) is 19.7 Å². The summed E-state index contributed by atoms with van der Waals surface area (Å²) in [6.45, 7) is 6.31. The molecule has 2 aliphatic heterocycles. The van der Waals surface area contributed by atoms with Gasteiger partial charge in [0.05, 0.1) is 30.7 Å². The van der Waals surface area contributed by atoms with Gasteiger partial charge < -0.3 is 14.4 Å². The molecule has 4 rings (SSSR count). The predicted molar refractivity (Wildman–Crippen MR) is 138 cm³/mol. The first-order valence-electron chi connectivity index (χ1n) is 12.6. The highest BCUT2D eigenvalue weighted by molar-refractivity contribution is 6.24. The molecule has 0 bridgehead atoms. The largest absolute Gasteiger partial charge is 0.494 e. The monoisotopic (exact) mass is 493 g/mol. The standard InChI is InChI=1S/C28H35N3O5/c1-6-17-28(27(34)36-8-3)23-22(24(29-28)18-9-11-19(12-10-18)30(4)5)25(32)31(26(23)33)20-13-15-21(16-14-20)35-7-2/h9-16,22-24,29H,6-8,17H2,1-5H3/t22-,23+,24-,28+/m0/s1. The van der Waals surface area contributed by atoms with Crippen LogP contribution in [-0.4, -0.2) is 50.6 Å². The fraction of sp³-hybridized carbons (Fsp3) is 0.464. The van der Waals surface area contributed by atoms with E-state index in [2.05, 4.69) is 5.32 Å². The molecule has 2 aromatic rings. The molecule has 2 heterocycles. The van der Waals surface area contributed by atoms with E-state index in [9.17, 15) is 14.4 Å². The molecule has 0 unspecified atom stereocenters. The Labute approximate surface area is 212 Å². The van der Waals surface area contributed by atoms with Crippen LogP contribution in [0.1, 0.15) is 45.2 Å². The maximum Gasteiger partial charge on any atom is 0.327 e. The number of benzene rings is 2. The second-order valence-electron chi connectivity index (χ2n) is 9.49. The number of amides is 2. The molecule has 36 heavy (non-hydrogen) atoms. The number of esters is 1. The fourth-order valence-electron chi connectivity index (χ4n) is 5.56. The molecule has 0 aliphatic carbocycles. The number of fused-ring (bicyclic) bond motifs is 1. The number of imide groups is 1. The highest BCUT2D eigenvalue weighted by atomic mass is 16.5. The van der Waals surface area contributed by atoms with Crippen LogP contribution in [0, 0.1) is 11.8 Å². The van der Waals surface area contributed by atoms with Crippen molar-refractivity contribution in [2.75, 3.05) is 37.1 Å². The molecule has 8 heteroatoms. The topological polar surface area (TPSA) is 88.2 Å². The Balaban J connectivity index is 1.80. The minimum atomic E-state index is -1.28. The van der Waals surface area contributed by atoms with E-state index < -0.39 is 29.4 Å². The van der Waals surface area contributed by atoms with Gasteiger partial charge in [-0.1, -0.05) is 25.5 Å². The van der Waals surface area contributed by atoms with Gasteiger partial charge in [0, 0.05) is 25.8 Å². The maximum absolute atomic E-state index is 13.9. The number of hydrogen-bond donors (Lipinski definition) is 1. The number of nitrogens with one attached hydrogen (secondary N) is 1. The zero-order valence-corrected chi connectivity index (χ0v) is 21.6. The normalized spacial score (nSPS) is 25.1. The quantitative estimate of drug-likeness (QED) is 0.421. The first-order valence-corrected chi connectivity index (χ1v) is 12.6. The van der Waals surface area contributed by atoms with Gasteiger partial charge in [0.1, 0.15) is 11.3 Å². The Kier molecular flexibility index (Phi) is 7.36. The number of carbonyl (C=O) groups is 3. The van der Waals surface area contributed by atoms with Crippen LogP contribution in [-0.2, 0) is 19.1 Å². The van der Waals surface area contributed by atoms with Crippen molar-refractivity contribution in [2.24, 2.45) is 11.8 Å². The van der Waals surface area contributed by atoms with E-state index in [1.165, 1.54) is 4.90 Å². The van der Waals surface area contributed by atoms with E-state index in [1.54, 1.807) is 31.2 Å². The van der Waals surface area contributed by atoms with Gasteiger partial charge in [-0.25, -0.2) is 4.90 Å². The van der Waals surface area contributed by atoms with Crippen LogP contribution < -0.4 is 19.9 Å². The van der Waals surface area contributed by atoms with Crippen molar-refractivity contribution >= 4 is 29.2 Å². The summed E-state index contributed by atoms with van der Waals surface area (Å²) >= 11 is 0. The third-order valence-corrected chi connectivity index (χ3v) is 7.11. The Bertz CT molecular complexity index is 1120. The van der Waals surface area contributed by atoms with Crippen LogP contribution in [0.15, 0.2) is 48.5 Å². The van der Waals surface area contributed by atoms with Crippen molar-refractivity contribution in [1.29, 1.82) is 0 Å². The number of carbonyl (C=O) groups excluding carboxylic acids is 3. The van der Waals surface area contributed by atoms with Crippen LogP contribution in [0.3, 0.4) is 0 Å². The highest BCUT2D eigenvalue weighted by Gasteiger charge is 2.68. The van der Waals surface area contributed by atoms with E-state index in [4.69, 9.17) is 9.47 Å². The third kappa shape index (κ3) is 4.23. The number of hydrogen-bond acceptors (Lipinski definition) is 7. The van der Waals surface area contributed by atoms with Crippen molar-refractivity contribution in [3.63, 3.8) is 0 Å². The van der Waals surface area contributed by atoms with Crippen LogP contribution in [0.25, 0.3) is 0 Å². The first-order chi connectivity index (χ1) is 17.3. The maximum atomic E-state index is 13.9. The second-order valence-corrected chi connectivity index (χ2v) is 9.49. The summed E-state index contributed by atoms with van der Waals surface area (Å²) in [5.74, 6) is -2.11. The molecule has 0 radical (unpaired) electrons. The van der Waals surface area contributed by atoms with Gasteiger partial charge in [0.2, 0.25) is 11.8 Å². The van der Waals surface area contributed by atoms with Crippen LogP contribution >= 0.6 is 0 Å². The Morgan fingerprint density at radius 3 is 2.19 bits per heavy atom. The lowest BCUT2D eigenvalue weighted by Gasteiger charge is -2.32. The first kappa shape index (κ1) is 25.7. The molecule has 1 N–H and O–H groups in total. The van der Waals surface area contributed by atoms with Crippen molar-refractivity contribution in [2.45, 2.75) is 45.2 Å². The lowest BCUT2D eigenvalue weighted by Crippen LogP contribution is -2.56. The molecule has 8 nitrogen and oxygen atoms in total. The van der Waals surface area contributed by atoms with Gasteiger partial charge in [0.25, 0.3) is 0 Å². The minimum absolute atomic E-state index is 0.191. The van der Waals surface area contributed by atoms with Gasteiger partial charge in [-0.05, 0) is 62.2 Å². The Hall–Kier alpha value is -3.39. The number of nitrogens with zero attached hydrogens (tertiary/aromatic N) is 2. The van der Waals surface area contributed by atoms with Crippen LogP contribution in [0.5, 0.6) is 5.75 Å². The summed E-state index contributed by atoms with van der Waals surface area (Å²) in [5, 5.41) is 3.44. The molecule has 0 aromatic heterocycles. The highest BCUT2D eigenvalue weighted by Crippen LogP contribution is 2.51. The van der Waals surface area contributed by atoms with Crippen molar-refractivity contribution in [1.82, 2.24) is 5.32 Å². The summed E-state index contributed by atoms with van der Waals surface area (Å²) in [7, 11) is 3.92. The van der Waals surface area contributed by atoms with Gasteiger partial charge in [-0.15, -0.1) is 0 Å². The number of ether oxygens (including phenoxy) is 2. The average Bonchev–Trinajstić information content (AvgIpc) is 3.34. The van der Waals surface area contributed by atoms with E-state index in [-0.39, 0.29) is 18.4 Å². The molecule has 2 aromatic carbocycles. The molecule has 2 amide bonds. The molecule has 2 fully saturated rings. The SMILES string of the molecule is CCC[C@@]1(C(=O)OCC)N[C@@H](c2ccc(N(C)C)cc2)[C@H]2C(=O)N(c3ccc(OCC)cc3)C(=O)[C@@H]21. The van der Waals surface area contributed by atoms with Gasteiger partial charge in [0.15, 0.2) is 0 Å². The molecule has 2 aliphatic rings. The Morgan fingerprint density at radius 2 is 1.64 bits per heavy atom. The molecule has 192 valence electrons. The fourth-order valence-corrected chi connectivity index (χ4v) is 5.56. The molecule has 0 spiro atoms. The summed E-state index contributed by atoms with van der Waals surface area (Å²) < 4.78 is 11.0. The molecule has 0 saturated carbocycles. The lowest BCUT2D eigenvalue weighted by molar-refractivity contribution is -0.155. The van der Waals surface area contributed by atoms with E-state index >= 15 is 0 Å². The van der Waals surface area contributed by atoms with Crippen LogP contribution in [0.2, 0.25) is 0 Å². The van der Waals surface area contributed by atoms with E-state index in [1.807, 2.05) is 57.1 Å². The number of rotatable bonds is 9. The summed E-state index contributed by atoms with van der Waals surface area (Å²) in [6.07, 6.45) is 1.03. The molecule has 4 atom stereocenters. The summed E-state index contributed by atoms with van der Waals surface area (Å²) in [4.78, 5) is 44.5. The zero-order chi connectivity index (χ0) is 26.0. The van der Waals surface area contributed by atoms with E-state index in [0.717, 1.165) is 11.3 Å². The van der Waals surface area contributed by atoms with Crippen LogP contribution in [0.4, 0.5) is 11.4 Å². The third-order valence-electron chi connectivity index (χ3n) is 7.11. The van der Waals surface area contributed by atoms with Crippen molar-refractivity contribution < 1.29 is 23.9 Å². The van der Waals surface area contributed by atoms with Crippen molar-refractivity contribution in [3.8, 4) is 5.75 Å². The molecular formula is C28H35N3O5. The average molecular weight is 494 g/mol. The predicted octanol–water partition coefficient (Wildman–Crippen LogP) is 3.70.